The number of ether oxygens (including phenoxy) is 1. The van der Waals surface area contributed by atoms with E-state index in [1.165, 1.54) is 4.90 Å². The maximum Gasteiger partial charge on any atom is 0.251 e. The van der Waals surface area contributed by atoms with E-state index >= 15 is 0 Å². The Labute approximate surface area is 180 Å². The summed E-state index contributed by atoms with van der Waals surface area (Å²) in [6.45, 7) is 1.25. The van der Waals surface area contributed by atoms with E-state index in [0.29, 0.717) is 30.6 Å². The molecule has 0 radical (unpaired) electrons. The number of halogens is 2. The van der Waals surface area contributed by atoms with Crippen molar-refractivity contribution in [3.63, 3.8) is 0 Å². The lowest BCUT2D eigenvalue weighted by Crippen LogP contribution is -2.34. The molecule has 2 heterocycles. The number of amides is 3. The predicted molar refractivity (Wildman–Crippen MR) is 112 cm³/mol. The molecule has 1 aromatic rings. The monoisotopic (exact) mass is 512 g/mol. The molecule has 4 rings (SSSR count). The van der Waals surface area contributed by atoms with Crippen LogP contribution in [0.2, 0.25) is 0 Å². The number of alkyl halides is 2. The van der Waals surface area contributed by atoms with Gasteiger partial charge in [0.25, 0.3) is 5.91 Å². The smallest absolute Gasteiger partial charge is 0.251 e. The second kappa shape index (κ2) is 8.24. The SMILES string of the molecule is O=C(NC[C@H]1CCCO1)c1ccc(N2C(=O)[C@H]3C[C@@H](Br)[C@@H](Br)C[C@@H]3C2=O)cc1. The number of anilines is 1. The minimum atomic E-state index is -0.278. The van der Waals surface area contributed by atoms with Gasteiger partial charge in [0.05, 0.1) is 23.6 Å². The number of benzene rings is 1. The fraction of sp³-hybridized carbons (Fsp3) is 0.550. The van der Waals surface area contributed by atoms with Crippen molar-refractivity contribution in [2.75, 3.05) is 18.1 Å². The molecule has 28 heavy (non-hydrogen) atoms. The average molecular weight is 514 g/mol. The van der Waals surface area contributed by atoms with Crippen molar-refractivity contribution in [2.45, 2.75) is 41.4 Å². The third kappa shape index (κ3) is 3.78. The van der Waals surface area contributed by atoms with E-state index < -0.39 is 0 Å². The largest absolute Gasteiger partial charge is 0.376 e. The molecule has 150 valence electrons. The van der Waals surface area contributed by atoms with Gasteiger partial charge in [-0.25, -0.2) is 0 Å². The number of fused-ring (bicyclic) bond motifs is 1. The van der Waals surface area contributed by atoms with Crippen molar-refractivity contribution in [3.8, 4) is 0 Å². The minimum absolute atomic E-state index is 0.0860. The molecule has 8 heteroatoms. The summed E-state index contributed by atoms with van der Waals surface area (Å²) < 4.78 is 5.51. The van der Waals surface area contributed by atoms with Gasteiger partial charge in [0.15, 0.2) is 0 Å². The fourth-order valence-electron chi connectivity index (χ4n) is 4.23. The molecule has 1 saturated carbocycles. The molecular formula is C20H22Br2N2O4. The number of hydrogen-bond donors (Lipinski definition) is 1. The van der Waals surface area contributed by atoms with E-state index in [-0.39, 0.29) is 45.3 Å². The van der Waals surface area contributed by atoms with Crippen LogP contribution in [-0.2, 0) is 14.3 Å². The van der Waals surface area contributed by atoms with Gasteiger partial charge in [-0.1, -0.05) is 31.9 Å². The first-order valence-corrected chi connectivity index (χ1v) is 11.4. The Morgan fingerprint density at radius 3 is 2.21 bits per heavy atom. The summed E-state index contributed by atoms with van der Waals surface area (Å²) in [4.78, 5) is 39.7. The first kappa shape index (κ1) is 20.0. The summed E-state index contributed by atoms with van der Waals surface area (Å²) in [7, 11) is 0. The number of rotatable bonds is 4. The highest BCUT2D eigenvalue weighted by Gasteiger charge is 2.52. The maximum absolute atomic E-state index is 12.8. The number of carbonyl (C=O) groups excluding carboxylic acids is 3. The van der Waals surface area contributed by atoms with E-state index in [2.05, 4.69) is 37.2 Å². The zero-order valence-electron chi connectivity index (χ0n) is 15.3. The van der Waals surface area contributed by atoms with E-state index in [4.69, 9.17) is 4.74 Å². The Balaban J connectivity index is 1.44. The van der Waals surface area contributed by atoms with Crippen molar-refractivity contribution in [1.29, 1.82) is 0 Å². The summed E-state index contributed by atoms with van der Waals surface area (Å²) >= 11 is 7.19. The highest BCUT2D eigenvalue weighted by Crippen LogP contribution is 2.44. The van der Waals surface area contributed by atoms with Crippen molar-refractivity contribution in [3.05, 3.63) is 29.8 Å². The fourth-order valence-corrected chi connectivity index (χ4v) is 5.46. The highest BCUT2D eigenvalue weighted by molar-refractivity contribution is 9.12. The summed E-state index contributed by atoms with van der Waals surface area (Å²) in [5, 5.41) is 2.88. The Kier molecular flexibility index (Phi) is 5.90. The molecule has 0 unspecified atom stereocenters. The van der Waals surface area contributed by atoms with Crippen LogP contribution in [0, 0.1) is 11.8 Å². The summed E-state index contributed by atoms with van der Waals surface area (Å²) in [6, 6.07) is 6.66. The molecule has 6 nitrogen and oxygen atoms in total. The Bertz CT molecular complexity index is 751. The first-order chi connectivity index (χ1) is 13.5. The minimum Gasteiger partial charge on any atom is -0.376 e. The molecule has 2 saturated heterocycles. The summed E-state index contributed by atoms with van der Waals surface area (Å²) in [5.74, 6) is -1.02. The highest BCUT2D eigenvalue weighted by atomic mass is 79.9. The van der Waals surface area contributed by atoms with Crippen molar-refractivity contribution in [2.24, 2.45) is 11.8 Å². The van der Waals surface area contributed by atoms with Gasteiger partial charge in [-0.05, 0) is 49.9 Å². The van der Waals surface area contributed by atoms with Gasteiger partial charge in [-0.15, -0.1) is 0 Å². The number of carbonyl (C=O) groups is 3. The van der Waals surface area contributed by atoms with Crippen molar-refractivity contribution in [1.82, 2.24) is 5.32 Å². The normalized spacial score (nSPS) is 32.5. The zero-order chi connectivity index (χ0) is 19.8. The van der Waals surface area contributed by atoms with Gasteiger partial charge in [-0.3, -0.25) is 19.3 Å². The van der Waals surface area contributed by atoms with Gasteiger partial charge >= 0.3 is 0 Å². The summed E-state index contributed by atoms with van der Waals surface area (Å²) in [5.41, 5.74) is 1.02. The second-order valence-electron chi connectivity index (χ2n) is 7.62. The van der Waals surface area contributed by atoms with Gasteiger partial charge in [-0.2, -0.15) is 0 Å². The Hall–Kier alpha value is -1.25. The molecule has 5 atom stereocenters. The lowest BCUT2D eigenvalue weighted by molar-refractivity contribution is -0.122. The van der Waals surface area contributed by atoms with Gasteiger partial charge in [0.2, 0.25) is 11.8 Å². The Morgan fingerprint density at radius 1 is 1.07 bits per heavy atom. The lowest BCUT2D eigenvalue weighted by Gasteiger charge is -2.29. The molecule has 3 aliphatic rings. The Morgan fingerprint density at radius 2 is 1.68 bits per heavy atom. The van der Waals surface area contributed by atoms with Crippen LogP contribution in [0.1, 0.15) is 36.0 Å². The van der Waals surface area contributed by atoms with E-state index in [0.717, 1.165) is 19.4 Å². The van der Waals surface area contributed by atoms with Crippen LogP contribution in [0.3, 0.4) is 0 Å². The molecule has 3 amide bonds. The van der Waals surface area contributed by atoms with Gasteiger partial charge < -0.3 is 10.1 Å². The molecular weight excluding hydrogens is 492 g/mol. The number of imide groups is 1. The molecule has 0 bridgehead atoms. The van der Waals surface area contributed by atoms with E-state index in [1.54, 1.807) is 24.3 Å². The molecule has 1 N–H and O–H groups in total. The predicted octanol–water partition coefficient (Wildman–Crippen LogP) is 3.02. The lowest BCUT2D eigenvalue weighted by atomic mass is 9.81. The first-order valence-electron chi connectivity index (χ1n) is 9.61. The quantitative estimate of drug-likeness (QED) is 0.496. The van der Waals surface area contributed by atoms with Crippen LogP contribution in [-0.4, -0.2) is 46.6 Å². The maximum atomic E-state index is 12.8. The van der Waals surface area contributed by atoms with E-state index in [1.807, 2.05) is 0 Å². The molecule has 1 aromatic carbocycles. The van der Waals surface area contributed by atoms with Gasteiger partial charge in [0.1, 0.15) is 0 Å². The zero-order valence-corrected chi connectivity index (χ0v) is 18.4. The topological polar surface area (TPSA) is 75.7 Å². The number of nitrogens with zero attached hydrogens (tertiary/aromatic N) is 1. The summed E-state index contributed by atoms with van der Waals surface area (Å²) in [6.07, 6.45) is 3.37. The van der Waals surface area contributed by atoms with E-state index in [9.17, 15) is 14.4 Å². The van der Waals surface area contributed by atoms with Crippen LogP contribution in [0.25, 0.3) is 0 Å². The third-order valence-corrected chi connectivity index (χ3v) is 8.55. The van der Waals surface area contributed by atoms with Crippen LogP contribution in [0.15, 0.2) is 24.3 Å². The molecule has 3 fully saturated rings. The standard InChI is InChI=1S/C20H22Br2N2O4/c21-16-8-14-15(9-17(16)22)20(27)24(19(14)26)12-5-3-11(4-6-12)18(25)23-10-13-2-1-7-28-13/h3-6,13-17H,1-2,7-10H2,(H,23,25)/t13-,14+,15+,16-,17+/m1/s1. The van der Waals surface area contributed by atoms with Crippen LogP contribution in [0.4, 0.5) is 5.69 Å². The molecule has 2 aliphatic heterocycles. The molecule has 1 aliphatic carbocycles. The average Bonchev–Trinajstić information content (AvgIpc) is 3.29. The second-order valence-corrected chi connectivity index (χ2v) is 9.97. The molecule has 0 spiro atoms. The van der Waals surface area contributed by atoms with Crippen LogP contribution in [0.5, 0.6) is 0 Å². The van der Waals surface area contributed by atoms with Gasteiger partial charge in [0, 0.05) is 28.4 Å². The van der Waals surface area contributed by atoms with Crippen molar-refractivity contribution < 1.29 is 19.1 Å². The van der Waals surface area contributed by atoms with Crippen LogP contribution < -0.4 is 10.2 Å². The third-order valence-electron chi connectivity index (χ3n) is 5.81. The molecule has 0 aromatic heterocycles. The van der Waals surface area contributed by atoms with Crippen molar-refractivity contribution >= 4 is 55.3 Å². The number of nitrogens with one attached hydrogen (secondary N) is 1. The number of hydrogen-bond acceptors (Lipinski definition) is 4. The van der Waals surface area contributed by atoms with Crippen LogP contribution >= 0.6 is 31.9 Å².